The summed E-state index contributed by atoms with van der Waals surface area (Å²) in [6.45, 7) is 1.88. The number of urea groups is 2. The van der Waals surface area contributed by atoms with Crippen molar-refractivity contribution in [2.45, 2.75) is 31.4 Å². The Labute approximate surface area is 174 Å². The van der Waals surface area contributed by atoms with Gasteiger partial charge in [0, 0.05) is 17.9 Å². The normalized spacial score (nSPS) is 13.4. The molecule has 0 atom stereocenters. The zero-order valence-electron chi connectivity index (χ0n) is 16.4. The number of carbonyl (C=O) groups excluding carboxylic acids is 2. The van der Waals surface area contributed by atoms with Gasteiger partial charge in [-0.15, -0.1) is 0 Å². The SMILES string of the molecule is Cc1cc(NC(=O)Nc2ccc(CCNC(=O)NS(=O)(=O)C3CC3)cc2)ccc1F. The maximum atomic E-state index is 13.3. The zero-order chi connectivity index (χ0) is 21.7. The number of nitrogens with one attached hydrogen (secondary N) is 4. The van der Waals surface area contributed by atoms with Crippen molar-refractivity contribution in [3.8, 4) is 0 Å². The van der Waals surface area contributed by atoms with E-state index in [-0.39, 0.29) is 12.4 Å². The Hall–Kier alpha value is -3.14. The fourth-order valence-corrected chi connectivity index (χ4v) is 3.97. The Morgan fingerprint density at radius 3 is 2.27 bits per heavy atom. The number of benzene rings is 2. The Morgan fingerprint density at radius 2 is 1.63 bits per heavy atom. The van der Waals surface area contributed by atoms with E-state index in [0.717, 1.165) is 5.56 Å². The molecule has 0 radical (unpaired) electrons. The van der Waals surface area contributed by atoms with Crippen LogP contribution < -0.4 is 20.7 Å². The highest BCUT2D eigenvalue weighted by molar-refractivity contribution is 7.90. The molecule has 3 rings (SSSR count). The van der Waals surface area contributed by atoms with E-state index in [1.165, 1.54) is 18.2 Å². The molecule has 0 spiro atoms. The molecule has 0 aromatic heterocycles. The molecule has 1 aliphatic rings. The van der Waals surface area contributed by atoms with Crippen LogP contribution >= 0.6 is 0 Å². The first-order chi connectivity index (χ1) is 14.2. The smallest absolute Gasteiger partial charge is 0.328 e. The van der Waals surface area contributed by atoms with Crippen molar-refractivity contribution >= 4 is 33.5 Å². The lowest BCUT2D eigenvalue weighted by molar-refractivity contribution is 0.246. The molecule has 0 saturated heterocycles. The highest BCUT2D eigenvalue weighted by Crippen LogP contribution is 2.27. The molecule has 0 unspecified atom stereocenters. The fourth-order valence-electron chi connectivity index (χ4n) is 2.72. The van der Waals surface area contributed by atoms with Crippen LogP contribution in [0, 0.1) is 12.7 Å². The molecule has 1 fully saturated rings. The van der Waals surface area contributed by atoms with Crippen LogP contribution in [0.4, 0.5) is 25.4 Å². The van der Waals surface area contributed by atoms with Crippen LogP contribution in [0.5, 0.6) is 0 Å². The maximum Gasteiger partial charge on any atom is 0.328 e. The van der Waals surface area contributed by atoms with Gasteiger partial charge in [0.2, 0.25) is 10.0 Å². The molecule has 0 bridgehead atoms. The van der Waals surface area contributed by atoms with Gasteiger partial charge in [0.05, 0.1) is 5.25 Å². The Bertz CT molecular complexity index is 1040. The molecule has 0 heterocycles. The minimum Gasteiger partial charge on any atom is -0.337 e. The summed E-state index contributed by atoms with van der Waals surface area (Å²) in [6, 6.07) is 10.1. The standard InChI is InChI=1S/C20H23FN4O4S/c1-13-12-16(6-9-18(13)21)24-20(27)23-15-4-2-14(3-5-15)10-11-22-19(26)25-30(28,29)17-7-8-17/h2-6,9,12,17H,7-8,10-11H2,1H3,(H2,22,25,26)(H2,23,24,27). The van der Waals surface area contributed by atoms with Gasteiger partial charge >= 0.3 is 12.1 Å². The monoisotopic (exact) mass is 434 g/mol. The van der Waals surface area contributed by atoms with Gasteiger partial charge < -0.3 is 16.0 Å². The van der Waals surface area contributed by atoms with Gasteiger partial charge in [0.25, 0.3) is 0 Å². The summed E-state index contributed by atoms with van der Waals surface area (Å²) >= 11 is 0. The van der Waals surface area contributed by atoms with Crippen molar-refractivity contribution < 1.29 is 22.4 Å². The van der Waals surface area contributed by atoms with Gasteiger partial charge in [-0.05, 0) is 67.6 Å². The average Bonchev–Trinajstić information content (AvgIpc) is 3.52. The third kappa shape index (κ3) is 6.18. The number of halogens is 1. The number of amides is 4. The van der Waals surface area contributed by atoms with Crippen molar-refractivity contribution in [3.05, 3.63) is 59.4 Å². The highest BCUT2D eigenvalue weighted by Gasteiger charge is 2.36. The van der Waals surface area contributed by atoms with Crippen molar-refractivity contribution in [3.63, 3.8) is 0 Å². The molecule has 2 aromatic carbocycles. The van der Waals surface area contributed by atoms with Crippen LogP contribution in [-0.2, 0) is 16.4 Å². The molecule has 30 heavy (non-hydrogen) atoms. The summed E-state index contributed by atoms with van der Waals surface area (Å²) in [4.78, 5) is 23.7. The number of rotatable bonds is 7. The first-order valence-corrected chi connectivity index (χ1v) is 11.0. The van der Waals surface area contributed by atoms with Crippen LogP contribution in [0.25, 0.3) is 0 Å². The van der Waals surface area contributed by atoms with E-state index < -0.39 is 27.3 Å². The van der Waals surface area contributed by atoms with Gasteiger partial charge in [-0.2, -0.15) is 0 Å². The number of sulfonamides is 1. The molecule has 4 N–H and O–H groups in total. The summed E-state index contributed by atoms with van der Waals surface area (Å²) in [6.07, 6.45) is 1.67. The molecule has 0 aliphatic heterocycles. The third-order valence-electron chi connectivity index (χ3n) is 4.53. The van der Waals surface area contributed by atoms with Crippen LogP contribution in [0.2, 0.25) is 0 Å². The molecule has 10 heteroatoms. The number of carbonyl (C=O) groups is 2. The Kier molecular flexibility index (Phi) is 6.56. The average molecular weight is 434 g/mol. The lowest BCUT2D eigenvalue weighted by Crippen LogP contribution is -2.41. The van der Waals surface area contributed by atoms with Crippen LogP contribution in [0.3, 0.4) is 0 Å². The Balaban J connectivity index is 1.42. The second kappa shape index (κ2) is 9.12. The van der Waals surface area contributed by atoms with E-state index >= 15 is 0 Å². The lowest BCUT2D eigenvalue weighted by atomic mass is 10.1. The summed E-state index contributed by atoms with van der Waals surface area (Å²) in [5.74, 6) is -0.340. The predicted molar refractivity (Wildman–Crippen MR) is 112 cm³/mol. The van der Waals surface area contributed by atoms with E-state index in [1.807, 2.05) is 4.72 Å². The summed E-state index contributed by atoms with van der Waals surface area (Å²) in [5, 5.41) is 7.37. The van der Waals surface area contributed by atoms with E-state index in [9.17, 15) is 22.4 Å². The van der Waals surface area contributed by atoms with Crippen molar-refractivity contribution in [1.29, 1.82) is 0 Å². The molecule has 2 aromatic rings. The van der Waals surface area contributed by atoms with Crippen molar-refractivity contribution in [2.75, 3.05) is 17.2 Å². The topological polar surface area (TPSA) is 116 Å². The van der Waals surface area contributed by atoms with E-state index in [2.05, 4.69) is 16.0 Å². The molecule has 4 amide bonds. The molecule has 160 valence electrons. The van der Waals surface area contributed by atoms with Gasteiger partial charge in [-0.1, -0.05) is 12.1 Å². The van der Waals surface area contributed by atoms with E-state index in [4.69, 9.17) is 0 Å². The zero-order valence-corrected chi connectivity index (χ0v) is 17.2. The predicted octanol–water partition coefficient (Wildman–Crippen LogP) is 3.11. The first-order valence-electron chi connectivity index (χ1n) is 9.45. The van der Waals surface area contributed by atoms with Crippen LogP contribution in [0.1, 0.15) is 24.0 Å². The van der Waals surface area contributed by atoms with Gasteiger partial charge in [-0.3, -0.25) is 0 Å². The van der Waals surface area contributed by atoms with Crippen LogP contribution in [-0.4, -0.2) is 32.3 Å². The minimum absolute atomic E-state index is 0.267. The molecule has 1 saturated carbocycles. The number of hydrogen-bond acceptors (Lipinski definition) is 4. The third-order valence-corrected chi connectivity index (χ3v) is 6.34. The van der Waals surface area contributed by atoms with Crippen LogP contribution in [0.15, 0.2) is 42.5 Å². The van der Waals surface area contributed by atoms with E-state index in [0.29, 0.717) is 36.2 Å². The van der Waals surface area contributed by atoms with Gasteiger partial charge in [0.15, 0.2) is 0 Å². The first kappa shape index (κ1) is 21.6. The summed E-state index contributed by atoms with van der Waals surface area (Å²) < 4.78 is 38.6. The largest absolute Gasteiger partial charge is 0.337 e. The lowest BCUT2D eigenvalue weighted by Gasteiger charge is -2.10. The second-order valence-corrected chi connectivity index (χ2v) is 9.05. The van der Waals surface area contributed by atoms with Gasteiger partial charge in [0.1, 0.15) is 5.82 Å². The van der Waals surface area contributed by atoms with Gasteiger partial charge in [-0.25, -0.2) is 27.1 Å². The van der Waals surface area contributed by atoms with E-state index in [1.54, 1.807) is 31.2 Å². The van der Waals surface area contributed by atoms with Crippen molar-refractivity contribution in [2.24, 2.45) is 0 Å². The second-order valence-electron chi connectivity index (χ2n) is 7.09. The highest BCUT2D eigenvalue weighted by atomic mass is 32.2. The molecular weight excluding hydrogens is 411 g/mol. The molecule has 1 aliphatic carbocycles. The number of hydrogen-bond donors (Lipinski definition) is 4. The fraction of sp³-hybridized carbons (Fsp3) is 0.300. The number of anilines is 2. The molecule has 8 nitrogen and oxygen atoms in total. The summed E-state index contributed by atoms with van der Waals surface area (Å²) in [5.41, 5.74) is 2.39. The van der Waals surface area contributed by atoms with Crippen molar-refractivity contribution in [1.82, 2.24) is 10.0 Å². The quantitative estimate of drug-likeness (QED) is 0.536. The Morgan fingerprint density at radius 1 is 1.00 bits per heavy atom. The minimum atomic E-state index is -3.55. The maximum absolute atomic E-state index is 13.3. The number of aryl methyl sites for hydroxylation is 1. The molecular formula is C20H23FN4O4S. The summed E-state index contributed by atoms with van der Waals surface area (Å²) in [7, 11) is -3.55.